The minimum atomic E-state index is 0.378. The van der Waals surface area contributed by atoms with E-state index < -0.39 is 0 Å². The zero-order valence-corrected chi connectivity index (χ0v) is 12.4. The minimum Gasteiger partial charge on any atom is -0.497 e. The minimum absolute atomic E-state index is 0.378. The molecule has 1 aliphatic rings. The van der Waals surface area contributed by atoms with E-state index in [4.69, 9.17) is 4.74 Å². The zero-order chi connectivity index (χ0) is 13.7. The third-order valence-electron chi connectivity index (χ3n) is 4.03. The van der Waals surface area contributed by atoms with Crippen molar-refractivity contribution in [1.29, 1.82) is 0 Å². The number of likely N-dealkylation sites (tertiary alicyclic amines) is 1. The molecule has 1 aromatic carbocycles. The van der Waals surface area contributed by atoms with Crippen molar-refractivity contribution in [3.8, 4) is 5.75 Å². The Morgan fingerprint density at radius 1 is 1.32 bits per heavy atom. The molecule has 1 heterocycles. The van der Waals surface area contributed by atoms with Crippen molar-refractivity contribution >= 4 is 0 Å². The van der Waals surface area contributed by atoms with Crippen LogP contribution >= 0.6 is 0 Å². The maximum Gasteiger partial charge on any atom is 0.119 e. The molecule has 19 heavy (non-hydrogen) atoms. The molecule has 1 aromatic rings. The van der Waals surface area contributed by atoms with Gasteiger partial charge in [0.1, 0.15) is 5.75 Å². The van der Waals surface area contributed by atoms with Gasteiger partial charge in [0.15, 0.2) is 0 Å². The summed E-state index contributed by atoms with van der Waals surface area (Å²) in [6, 6.07) is 9.36. The van der Waals surface area contributed by atoms with Crippen LogP contribution < -0.4 is 10.1 Å². The van der Waals surface area contributed by atoms with Crippen molar-refractivity contribution in [3.05, 3.63) is 29.8 Å². The molecule has 1 aliphatic heterocycles. The molecule has 0 radical (unpaired) electrons. The molecular formula is C16H26N2O. The highest BCUT2D eigenvalue weighted by Crippen LogP contribution is 2.21. The Labute approximate surface area is 116 Å². The first-order chi connectivity index (χ1) is 9.19. The number of nitrogens with one attached hydrogen (secondary N) is 1. The van der Waals surface area contributed by atoms with Gasteiger partial charge in [-0.2, -0.15) is 0 Å². The van der Waals surface area contributed by atoms with Crippen molar-refractivity contribution in [2.45, 2.75) is 38.3 Å². The second kappa shape index (κ2) is 6.92. The van der Waals surface area contributed by atoms with Crippen LogP contribution in [0.3, 0.4) is 0 Å². The van der Waals surface area contributed by atoms with Gasteiger partial charge in [-0.15, -0.1) is 0 Å². The number of ether oxygens (including phenoxy) is 1. The Hall–Kier alpha value is -1.06. The number of nitrogens with zero attached hydrogens (tertiary/aromatic N) is 1. The maximum absolute atomic E-state index is 5.29. The predicted octanol–water partition coefficient (Wildman–Crippen LogP) is 2.83. The molecule has 0 saturated carbocycles. The van der Waals surface area contributed by atoms with Crippen LogP contribution in [0.25, 0.3) is 0 Å². The Morgan fingerprint density at radius 2 is 2.16 bits per heavy atom. The van der Waals surface area contributed by atoms with Crippen molar-refractivity contribution in [2.24, 2.45) is 0 Å². The Bertz CT molecular complexity index is 394. The summed E-state index contributed by atoms with van der Waals surface area (Å²) in [5, 5.41) is 3.76. The fourth-order valence-electron chi connectivity index (χ4n) is 2.77. The molecule has 1 saturated heterocycles. The van der Waals surface area contributed by atoms with Crippen LogP contribution in [0.4, 0.5) is 0 Å². The second-order valence-electron chi connectivity index (χ2n) is 5.60. The highest BCUT2D eigenvalue weighted by molar-refractivity contribution is 5.30. The highest BCUT2D eigenvalue weighted by atomic mass is 16.5. The smallest absolute Gasteiger partial charge is 0.119 e. The van der Waals surface area contributed by atoms with E-state index in [-0.39, 0.29) is 0 Å². The first kappa shape index (κ1) is 14.4. The van der Waals surface area contributed by atoms with Crippen molar-refractivity contribution in [1.82, 2.24) is 10.2 Å². The quantitative estimate of drug-likeness (QED) is 0.903. The summed E-state index contributed by atoms with van der Waals surface area (Å²) in [5.74, 6) is 0.937. The Balaban J connectivity index is 1.93. The zero-order valence-electron chi connectivity index (χ0n) is 12.4. The molecule has 0 aromatic heterocycles. The largest absolute Gasteiger partial charge is 0.497 e. The summed E-state index contributed by atoms with van der Waals surface area (Å²) in [6.07, 6.45) is 3.81. The molecule has 2 rings (SSSR count). The number of hydrogen-bond acceptors (Lipinski definition) is 3. The van der Waals surface area contributed by atoms with E-state index >= 15 is 0 Å². The molecule has 2 atom stereocenters. The van der Waals surface area contributed by atoms with E-state index in [2.05, 4.69) is 42.4 Å². The van der Waals surface area contributed by atoms with Crippen LogP contribution in [0.15, 0.2) is 24.3 Å². The van der Waals surface area contributed by atoms with Gasteiger partial charge in [-0.25, -0.2) is 0 Å². The lowest BCUT2D eigenvalue weighted by atomic mass is 10.0. The van der Waals surface area contributed by atoms with Gasteiger partial charge >= 0.3 is 0 Å². The van der Waals surface area contributed by atoms with Crippen LogP contribution in [-0.2, 0) is 0 Å². The van der Waals surface area contributed by atoms with E-state index in [1.807, 2.05) is 6.07 Å². The monoisotopic (exact) mass is 262 g/mol. The summed E-state index contributed by atoms with van der Waals surface area (Å²) < 4.78 is 5.29. The van der Waals surface area contributed by atoms with E-state index in [9.17, 15) is 0 Å². The van der Waals surface area contributed by atoms with Gasteiger partial charge in [0, 0.05) is 12.1 Å². The van der Waals surface area contributed by atoms with Crippen LogP contribution in [0, 0.1) is 0 Å². The maximum atomic E-state index is 5.29. The van der Waals surface area contributed by atoms with Gasteiger partial charge < -0.3 is 15.0 Å². The third kappa shape index (κ3) is 4.22. The molecule has 106 valence electrons. The van der Waals surface area contributed by atoms with Gasteiger partial charge in [0.2, 0.25) is 0 Å². The lowest BCUT2D eigenvalue weighted by Gasteiger charge is -2.22. The Morgan fingerprint density at radius 3 is 2.95 bits per heavy atom. The topological polar surface area (TPSA) is 24.5 Å². The summed E-state index contributed by atoms with van der Waals surface area (Å²) in [5.41, 5.74) is 1.30. The highest BCUT2D eigenvalue weighted by Gasteiger charge is 2.17. The van der Waals surface area contributed by atoms with Gasteiger partial charge in [-0.3, -0.25) is 0 Å². The molecule has 0 bridgehead atoms. The van der Waals surface area contributed by atoms with Crippen molar-refractivity contribution < 1.29 is 4.74 Å². The normalized spacial score (nSPS) is 22.8. The average molecular weight is 262 g/mol. The van der Waals surface area contributed by atoms with Crippen LogP contribution in [0.5, 0.6) is 5.75 Å². The predicted molar refractivity (Wildman–Crippen MR) is 79.7 cm³/mol. The molecular weight excluding hydrogens is 236 g/mol. The number of methoxy groups -OCH3 is 1. The van der Waals surface area contributed by atoms with E-state index in [1.165, 1.54) is 37.9 Å². The summed E-state index contributed by atoms with van der Waals surface area (Å²) in [7, 11) is 3.94. The SMILES string of the molecule is COc1cccc(C(C)NC2CCCN(C)CC2)c1. The fourth-order valence-corrected chi connectivity index (χ4v) is 2.77. The average Bonchev–Trinajstić information content (AvgIpc) is 2.64. The molecule has 0 aliphatic carbocycles. The molecule has 2 unspecified atom stereocenters. The van der Waals surface area contributed by atoms with E-state index in [0.29, 0.717) is 12.1 Å². The molecule has 1 fully saturated rings. The van der Waals surface area contributed by atoms with Gasteiger partial charge in [0.05, 0.1) is 7.11 Å². The number of hydrogen-bond donors (Lipinski definition) is 1. The summed E-state index contributed by atoms with van der Waals surface area (Å²) in [6.45, 7) is 4.66. The number of rotatable bonds is 4. The van der Waals surface area contributed by atoms with Crippen molar-refractivity contribution in [3.63, 3.8) is 0 Å². The molecule has 3 nitrogen and oxygen atoms in total. The lowest BCUT2D eigenvalue weighted by Crippen LogP contribution is -2.32. The van der Waals surface area contributed by atoms with E-state index in [1.54, 1.807) is 7.11 Å². The van der Waals surface area contributed by atoms with Crippen LogP contribution in [0.1, 0.15) is 37.8 Å². The standard InChI is InChI=1S/C16H26N2O/c1-13(14-6-4-8-16(12-14)19-3)17-15-7-5-10-18(2)11-9-15/h4,6,8,12-13,15,17H,5,7,9-11H2,1-3H3. The summed E-state index contributed by atoms with van der Waals surface area (Å²) >= 11 is 0. The molecule has 0 amide bonds. The Kier molecular flexibility index (Phi) is 5.23. The lowest BCUT2D eigenvalue weighted by molar-refractivity contribution is 0.340. The van der Waals surface area contributed by atoms with Gasteiger partial charge in [-0.1, -0.05) is 12.1 Å². The van der Waals surface area contributed by atoms with Gasteiger partial charge in [0.25, 0.3) is 0 Å². The van der Waals surface area contributed by atoms with E-state index in [0.717, 1.165) is 5.75 Å². The molecule has 0 spiro atoms. The first-order valence-electron chi connectivity index (χ1n) is 7.27. The summed E-state index contributed by atoms with van der Waals surface area (Å²) in [4.78, 5) is 2.43. The third-order valence-corrected chi connectivity index (χ3v) is 4.03. The molecule has 1 N–H and O–H groups in total. The molecule has 3 heteroatoms. The van der Waals surface area contributed by atoms with Gasteiger partial charge in [-0.05, 0) is 64.0 Å². The second-order valence-corrected chi connectivity index (χ2v) is 5.60. The van der Waals surface area contributed by atoms with Crippen LogP contribution in [0.2, 0.25) is 0 Å². The fraction of sp³-hybridized carbons (Fsp3) is 0.625. The number of benzene rings is 1. The first-order valence-corrected chi connectivity index (χ1v) is 7.27. The van der Waals surface area contributed by atoms with Crippen LogP contribution in [-0.4, -0.2) is 38.2 Å². The van der Waals surface area contributed by atoms with Crippen molar-refractivity contribution in [2.75, 3.05) is 27.2 Å².